The summed E-state index contributed by atoms with van der Waals surface area (Å²) in [6.45, 7) is 0. The van der Waals surface area contributed by atoms with Crippen molar-refractivity contribution in [3.05, 3.63) is 22.2 Å². The predicted octanol–water partition coefficient (Wildman–Crippen LogP) is 2.20. The van der Waals surface area contributed by atoms with E-state index in [9.17, 15) is 14.7 Å². The number of carboxylic acid groups (broad SMARTS) is 1. The normalized spacial score (nSPS) is 15.8. The molecule has 6 nitrogen and oxygen atoms in total. The summed E-state index contributed by atoms with van der Waals surface area (Å²) in [4.78, 5) is 23.6. The monoisotopic (exact) mass is 357 g/mol. The molecule has 21 heavy (non-hydrogen) atoms. The quantitative estimate of drug-likeness (QED) is 0.843. The van der Waals surface area contributed by atoms with Crippen molar-refractivity contribution in [3.63, 3.8) is 0 Å². The third kappa shape index (κ3) is 2.83. The van der Waals surface area contributed by atoms with Crippen LogP contribution in [0.15, 0.2) is 16.6 Å². The van der Waals surface area contributed by atoms with Crippen LogP contribution in [-0.4, -0.2) is 36.7 Å². The summed E-state index contributed by atoms with van der Waals surface area (Å²) in [6, 6.07) is 3.10. The second kappa shape index (κ2) is 5.93. The summed E-state index contributed by atoms with van der Waals surface area (Å²) in [5, 5.41) is 11.9. The van der Waals surface area contributed by atoms with Crippen LogP contribution in [0.2, 0.25) is 0 Å². The van der Waals surface area contributed by atoms with Crippen LogP contribution in [0.5, 0.6) is 11.5 Å². The summed E-state index contributed by atoms with van der Waals surface area (Å²) in [7, 11) is 2.97. The number of benzene rings is 1. The Hall–Kier alpha value is -1.76. The van der Waals surface area contributed by atoms with Crippen molar-refractivity contribution in [2.24, 2.45) is 0 Å². The van der Waals surface area contributed by atoms with E-state index in [2.05, 4.69) is 21.2 Å². The lowest BCUT2D eigenvalue weighted by Crippen LogP contribution is -2.59. The largest absolute Gasteiger partial charge is 0.493 e. The van der Waals surface area contributed by atoms with Gasteiger partial charge in [-0.2, -0.15) is 0 Å². The van der Waals surface area contributed by atoms with Crippen LogP contribution in [-0.2, 0) is 4.79 Å². The van der Waals surface area contributed by atoms with Gasteiger partial charge in [-0.3, -0.25) is 4.79 Å². The SMILES string of the molecule is COc1cc(C(=O)NC2(C(=O)O)CCC2)cc(Br)c1OC. The van der Waals surface area contributed by atoms with Gasteiger partial charge in [0, 0.05) is 5.56 Å². The van der Waals surface area contributed by atoms with Gasteiger partial charge in [0.25, 0.3) is 5.91 Å². The van der Waals surface area contributed by atoms with E-state index in [-0.39, 0.29) is 0 Å². The Morgan fingerprint density at radius 1 is 1.29 bits per heavy atom. The maximum absolute atomic E-state index is 12.3. The Morgan fingerprint density at radius 3 is 2.38 bits per heavy atom. The fourth-order valence-corrected chi connectivity index (χ4v) is 2.87. The number of carbonyl (C=O) groups is 2. The highest BCUT2D eigenvalue weighted by Gasteiger charge is 2.45. The Morgan fingerprint density at radius 2 is 1.95 bits per heavy atom. The first kappa shape index (κ1) is 15.6. The molecule has 2 N–H and O–H groups in total. The molecule has 1 aliphatic carbocycles. The summed E-state index contributed by atoms with van der Waals surface area (Å²) in [5.41, 5.74) is -0.830. The van der Waals surface area contributed by atoms with E-state index in [0.29, 0.717) is 34.4 Å². The molecule has 0 spiro atoms. The van der Waals surface area contributed by atoms with Gasteiger partial charge in [-0.05, 0) is 47.3 Å². The Balaban J connectivity index is 2.27. The highest BCUT2D eigenvalue weighted by atomic mass is 79.9. The molecule has 0 atom stereocenters. The van der Waals surface area contributed by atoms with Crippen LogP contribution in [0.1, 0.15) is 29.6 Å². The van der Waals surface area contributed by atoms with Gasteiger partial charge in [-0.15, -0.1) is 0 Å². The zero-order valence-corrected chi connectivity index (χ0v) is 13.3. The molecule has 0 unspecified atom stereocenters. The van der Waals surface area contributed by atoms with Crippen LogP contribution in [0, 0.1) is 0 Å². The van der Waals surface area contributed by atoms with Crippen molar-refractivity contribution in [2.45, 2.75) is 24.8 Å². The van der Waals surface area contributed by atoms with E-state index in [1.165, 1.54) is 20.3 Å². The van der Waals surface area contributed by atoms with E-state index < -0.39 is 17.4 Å². The van der Waals surface area contributed by atoms with Crippen LogP contribution in [0.4, 0.5) is 0 Å². The van der Waals surface area contributed by atoms with Crippen LogP contribution in [0.25, 0.3) is 0 Å². The average molecular weight is 358 g/mol. The molecule has 1 aromatic carbocycles. The number of halogens is 1. The van der Waals surface area contributed by atoms with E-state index >= 15 is 0 Å². The van der Waals surface area contributed by atoms with Gasteiger partial charge in [-0.1, -0.05) is 0 Å². The van der Waals surface area contributed by atoms with E-state index in [4.69, 9.17) is 9.47 Å². The number of ether oxygens (including phenoxy) is 2. The van der Waals surface area contributed by atoms with E-state index in [0.717, 1.165) is 6.42 Å². The molecule has 7 heteroatoms. The lowest BCUT2D eigenvalue weighted by Gasteiger charge is -2.38. The molecule has 0 heterocycles. The van der Waals surface area contributed by atoms with Gasteiger partial charge < -0.3 is 19.9 Å². The summed E-state index contributed by atoms with van der Waals surface area (Å²) < 4.78 is 10.9. The van der Waals surface area contributed by atoms with Crippen LogP contribution < -0.4 is 14.8 Å². The van der Waals surface area contributed by atoms with Gasteiger partial charge in [0.15, 0.2) is 11.5 Å². The Bertz CT molecular complexity index is 583. The number of nitrogens with one attached hydrogen (secondary N) is 1. The minimum Gasteiger partial charge on any atom is -0.493 e. The molecular formula is C14H16BrNO5. The Kier molecular flexibility index (Phi) is 4.41. The van der Waals surface area contributed by atoms with E-state index in [1.807, 2.05) is 0 Å². The number of amides is 1. The molecular weight excluding hydrogens is 342 g/mol. The molecule has 0 aliphatic heterocycles. The van der Waals surface area contributed by atoms with Crippen molar-refractivity contribution in [1.82, 2.24) is 5.32 Å². The molecule has 1 aliphatic rings. The van der Waals surface area contributed by atoms with Crippen molar-refractivity contribution >= 4 is 27.8 Å². The highest BCUT2D eigenvalue weighted by Crippen LogP contribution is 2.37. The second-order valence-electron chi connectivity index (χ2n) is 4.89. The molecule has 1 saturated carbocycles. The third-order valence-corrected chi connectivity index (χ3v) is 4.25. The summed E-state index contributed by atoms with van der Waals surface area (Å²) in [6.07, 6.45) is 1.69. The standard InChI is InChI=1S/C14H16BrNO5/c1-20-10-7-8(6-9(15)11(10)21-2)12(17)16-14(13(18)19)4-3-5-14/h6-7H,3-5H2,1-2H3,(H,16,17)(H,18,19). The van der Waals surface area contributed by atoms with E-state index in [1.54, 1.807) is 6.07 Å². The molecule has 1 fully saturated rings. The maximum atomic E-state index is 12.3. The third-order valence-electron chi connectivity index (χ3n) is 3.67. The minimum atomic E-state index is -1.14. The van der Waals surface area contributed by atoms with Crippen LogP contribution in [0.3, 0.4) is 0 Å². The van der Waals surface area contributed by atoms with Crippen molar-refractivity contribution < 1.29 is 24.2 Å². The van der Waals surface area contributed by atoms with Gasteiger partial charge in [0.2, 0.25) is 0 Å². The number of carbonyl (C=O) groups excluding carboxylic acids is 1. The molecule has 0 aromatic heterocycles. The molecule has 2 rings (SSSR count). The summed E-state index contributed by atoms with van der Waals surface area (Å²) >= 11 is 3.31. The first-order valence-corrected chi connectivity index (χ1v) is 7.20. The van der Waals surface area contributed by atoms with Crippen molar-refractivity contribution in [1.29, 1.82) is 0 Å². The van der Waals surface area contributed by atoms with Gasteiger partial charge in [0.1, 0.15) is 5.54 Å². The molecule has 1 amide bonds. The molecule has 0 bridgehead atoms. The van der Waals surface area contributed by atoms with Gasteiger partial charge in [-0.25, -0.2) is 4.79 Å². The van der Waals surface area contributed by atoms with Crippen molar-refractivity contribution in [2.75, 3.05) is 14.2 Å². The maximum Gasteiger partial charge on any atom is 0.329 e. The molecule has 0 saturated heterocycles. The molecule has 114 valence electrons. The topological polar surface area (TPSA) is 84.9 Å². The lowest BCUT2D eigenvalue weighted by atomic mass is 9.76. The fourth-order valence-electron chi connectivity index (χ4n) is 2.26. The van der Waals surface area contributed by atoms with Crippen LogP contribution >= 0.6 is 15.9 Å². The zero-order chi connectivity index (χ0) is 15.6. The number of hydrogen-bond acceptors (Lipinski definition) is 4. The number of carboxylic acids is 1. The van der Waals surface area contributed by atoms with Gasteiger partial charge in [0.05, 0.1) is 18.7 Å². The lowest BCUT2D eigenvalue weighted by molar-refractivity contribution is -0.148. The molecule has 0 radical (unpaired) electrons. The zero-order valence-electron chi connectivity index (χ0n) is 11.7. The number of methoxy groups -OCH3 is 2. The fraction of sp³-hybridized carbons (Fsp3) is 0.429. The van der Waals surface area contributed by atoms with Gasteiger partial charge >= 0.3 is 5.97 Å². The minimum absolute atomic E-state index is 0.312. The molecule has 1 aromatic rings. The number of hydrogen-bond donors (Lipinski definition) is 2. The number of rotatable bonds is 5. The first-order valence-electron chi connectivity index (χ1n) is 6.41. The average Bonchev–Trinajstić information content (AvgIpc) is 2.40. The highest BCUT2D eigenvalue weighted by molar-refractivity contribution is 9.10. The van der Waals surface area contributed by atoms with Crippen molar-refractivity contribution in [3.8, 4) is 11.5 Å². The first-order chi connectivity index (χ1) is 9.93. The number of aliphatic carboxylic acids is 1. The summed E-state index contributed by atoms with van der Waals surface area (Å²) in [5.74, 6) is -0.568. The second-order valence-corrected chi connectivity index (χ2v) is 5.74. The Labute approximate surface area is 130 Å². The smallest absolute Gasteiger partial charge is 0.329 e. The predicted molar refractivity (Wildman–Crippen MR) is 78.9 cm³/mol.